The third-order valence-electron chi connectivity index (χ3n) is 3.77. The van der Waals surface area contributed by atoms with Crippen LogP contribution in [0.25, 0.3) is 6.08 Å². The van der Waals surface area contributed by atoms with Gasteiger partial charge in [0.25, 0.3) is 0 Å². The predicted molar refractivity (Wildman–Crippen MR) is 80.4 cm³/mol. The Kier molecular flexibility index (Phi) is 5.26. The van der Waals surface area contributed by atoms with Crippen molar-refractivity contribution >= 4 is 6.08 Å². The van der Waals surface area contributed by atoms with Gasteiger partial charge in [-0.3, -0.25) is 0 Å². The van der Waals surface area contributed by atoms with Crippen molar-refractivity contribution in [1.29, 1.82) is 0 Å². The van der Waals surface area contributed by atoms with Gasteiger partial charge in [-0.15, -0.1) is 0 Å². The Morgan fingerprint density at radius 1 is 1.22 bits per heavy atom. The summed E-state index contributed by atoms with van der Waals surface area (Å²) in [6.45, 7) is 2.26. The number of benzene rings is 1. The smallest absolute Gasteiger partial charge is 0.0168 e. The van der Waals surface area contributed by atoms with Crippen LogP contribution >= 0.6 is 0 Å². The number of allylic oxidation sites excluding steroid dienone is 3. The summed E-state index contributed by atoms with van der Waals surface area (Å²) in [7, 11) is 0. The normalized spacial score (nSPS) is 22.1. The van der Waals surface area contributed by atoms with E-state index in [1.807, 2.05) is 0 Å². The Hall–Kier alpha value is -1.30. The molecule has 1 atom stereocenters. The second-order valence-corrected chi connectivity index (χ2v) is 5.21. The molecular formula is C18H24. The molecule has 0 heteroatoms. The topological polar surface area (TPSA) is 0 Å². The molecule has 0 nitrogen and oxygen atoms in total. The molecule has 0 spiro atoms. The van der Waals surface area contributed by atoms with E-state index in [4.69, 9.17) is 0 Å². The molecule has 1 fully saturated rings. The first-order valence-corrected chi connectivity index (χ1v) is 7.30. The Morgan fingerprint density at radius 2 is 2.06 bits per heavy atom. The molecule has 1 unspecified atom stereocenters. The first kappa shape index (κ1) is 13.1. The summed E-state index contributed by atoms with van der Waals surface area (Å²) < 4.78 is 0. The van der Waals surface area contributed by atoms with Crippen LogP contribution in [0.4, 0.5) is 0 Å². The van der Waals surface area contributed by atoms with Crippen LogP contribution in [0.5, 0.6) is 0 Å². The highest BCUT2D eigenvalue weighted by Gasteiger charge is 2.18. The minimum Gasteiger partial charge on any atom is -0.0851 e. The zero-order valence-electron chi connectivity index (χ0n) is 11.4. The third kappa shape index (κ3) is 3.87. The van der Waals surface area contributed by atoms with Gasteiger partial charge in [-0.05, 0) is 43.6 Å². The second kappa shape index (κ2) is 7.20. The molecule has 2 rings (SSSR count). The maximum atomic E-state index is 2.49. The molecule has 1 aromatic carbocycles. The van der Waals surface area contributed by atoms with E-state index in [1.54, 1.807) is 5.57 Å². The summed E-state index contributed by atoms with van der Waals surface area (Å²) in [6, 6.07) is 10.6. The second-order valence-electron chi connectivity index (χ2n) is 5.21. The summed E-state index contributed by atoms with van der Waals surface area (Å²) in [5, 5.41) is 0. The van der Waals surface area contributed by atoms with Crippen molar-refractivity contribution in [3.8, 4) is 0 Å². The molecular weight excluding hydrogens is 216 g/mol. The lowest BCUT2D eigenvalue weighted by atomic mass is 9.97. The first-order chi connectivity index (χ1) is 8.90. The molecule has 0 saturated heterocycles. The molecule has 1 aliphatic rings. The van der Waals surface area contributed by atoms with Crippen LogP contribution in [0.15, 0.2) is 48.1 Å². The van der Waals surface area contributed by atoms with Crippen LogP contribution in [0.1, 0.15) is 51.0 Å². The third-order valence-corrected chi connectivity index (χ3v) is 3.77. The lowest BCUT2D eigenvalue weighted by Crippen LogP contribution is -1.94. The fourth-order valence-corrected chi connectivity index (χ4v) is 2.74. The van der Waals surface area contributed by atoms with Gasteiger partial charge in [-0.2, -0.15) is 0 Å². The largest absolute Gasteiger partial charge is 0.0851 e. The van der Waals surface area contributed by atoms with Crippen molar-refractivity contribution < 1.29 is 0 Å². The minimum atomic E-state index is 0.816. The van der Waals surface area contributed by atoms with Crippen molar-refractivity contribution in [3.63, 3.8) is 0 Å². The van der Waals surface area contributed by atoms with E-state index >= 15 is 0 Å². The summed E-state index contributed by atoms with van der Waals surface area (Å²) in [6.07, 6.45) is 15.0. The Labute approximate surface area is 111 Å². The van der Waals surface area contributed by atoms with Crippen molar-refractivity contribution in [3.05, 3.63) is 53.6 Å². The van der Waals surface area contributed by atoms with Gasteiger partial charge in [-0.25, -0.2) is 0 Å². The highest BCUT2D eigenvalue weighted by molar-refractivity contribution is 5.48. The molecule has 1 aliphatic carbocycles. The predicted octanol–water partition coefficient (Wildman–Crippen LogP) is 5.62. The fraction of sp³-hybridized carbons (Fsp3) is 0.444. The van der Waals surface area contributed by atoms with E-state index in [1.165, 1.54) is 44.1 Å². The zero-order chi connectivity index (χ0) is 12.6. The lowest BCUT2D eigenvalue weighted by molar-refractivity contribution is 0.636. The standard InChI is InChI=1S/C18H24/c1-2-3-12-17-14-8-15-18(17)13-7-11-16-9-5-4-6-10-16/h4-7,9-12,18H,2-3,8,13-15H2,1H3/b11-7-,17-12+. The average Bonchev–Trinajstić information content (AvgIpc) is 2.85. The molecule has 0 aliphatic heterocycles. The van der Waals surface area contributed by atoms with Gasteiger partial charge in [0.05, 0.1) is 0 Å². The highest BCUT2D eigenvalue weighted by Crippen LogP contribution is 2.34. The van der Waals surface area contributed by atoms with E-state index in [9.17, 15) is 0 Å². The zero-order valence-corrected chi connectivity index (χ0v) is 11.4. The summed E-state index contributed by atoms with van der Waals surface area (Å²) in [5.41, 5.74) is 3.03. The van der Waals surface area contributed by atoms with Gasteiger partial charge in [0.2, 0.25) is 0 Å². The molecule has 1 aromatic rings. The molecule has 0 bridgehead atoms. The molecule has 0 N–H and O–H groups in total. The van der Waals surface area contributed by atoms with Gasteiger partial charge in [0.15, 0.2) is 0 Å². The SMILES string of the molecule is CCC/C=C1\CCCC1C/C=C\c1ccccc1. The summed E-state index contributed by atoms with van der Waals surface area (Å²) in [4.78, 5) is 0. The van der Waals surface area contributed by atoms with Gasteiger partial charge < -0.3 is 0 Å². The van der Waals surface area contributed by atoms with Crippen LogP contribution in [-0.4, -0.2) is 0 Å². The van der Waals surface area contributed by atoms with Crippen LogP contribution in [0.3, 0.4) is 0 Å². The monoisotopic (exact) mass is 240 g/mol. The van der Waals surface area contributed by atoms with Crippen LogP contribution in [0.2, 0.25) is 0 Å². The molecule has 0 aromatic heterocycles. The van der Waals surface area contributed by atoms with Gasteiger partial charge in [0, 0.05) is 0 Å². The molecule has 0 heterocycles. The number of rotatable bonds is 5. The average molecular weight is 240 g/mol. The number of unbranched alkanes of at least 4 members (excludes halogenated alkanes) is 1. The van der Waals surface area contributed by atoms with Crippen molar-refractivity contribution in [2.24, 2.45) is 5.92 Å². The van der Waals surface area contributed by atoms with Gasteiger partial charge in [-0.1, -0.05) is 67.5 Å². The van der Waals surface area contributed by atoms with Gasteiger partial charge in [0.1, 0.15) is 0 Å². The fourth-order valence-electron chi connectivity index (χ4n) is 2.74. The van der Waals surface area contributed by atoms with E-state index in [0.29, 0.717) is 0 Å². The molecule has 96 valence electrons. The maximum Gasteiger partial charge on any atom is -0.0168 e. The highest BCUT2D eigenvalue weighted by atomic mass is 14.2. The summed E-state index contributed by atoms with van der Waals surface area (Å²) >= 11 is 0. The maximum absolute atomic E-state index is 2.49. The lowest BCUT2D eigenvalue weighted by Gasteiger charge is -2.09. The van der Waals surface area contributed by atoms with Crippen molar-refractivity contribution in [1.82, 2.24) is 0 Å². The van der Waals surface area contributed by atoms with Gasteiger partial charge >= 0.3 is 0 Å². The van der Waals surface area contributed by atoms with E-state index in [-0.39, 0.29) is 0 Å². The molecule has 0 amide bonds. The number of hydrogen-bond acceptors (Lipinski definition) is 0. The first-order valence-electron chi connectivity index (χ1n) is 7.30. The Bertz CT molecular complexity index is 397. The van der Waals surface area contributed by atoms with Crippen molar-refractivity contribution in [2.45, 2.75) is 45.4 Å². The van der Waals surface area contributed by atoms with Crippen LogP contribution in [0, 0.1) is 5.92 Å². The van der Waals surface area contributed by atoms with E-state index in [0.717, 1.165) is 5.92 Å². The Morgan fingerprint density at radius 3 is 2.83 bits per heavy atom. The van der Waals surface area contributed by atoms with E-state index < -0.39 is 0 Å². The Balaban J connectivity index is 1.88. The van der Waals surface area contributed by atoms with Crippen LogP contribution < -0.4 is 0 Å². The molecule has 18 heavy (non-hydrogen) atoms. The molecule has 0 radical (unpaired) electrons. The van der Waals surface area contributed by atoms with E-state index in [2.05, 4.69) is 55.5 Å². The molecule has 1 saturated carbocycles. The minimum absolute atomic E-state index is 0.816. The number of hydrogen-bond donors (Lipinski definition) is 0. The summed E-state index contributed by atoms with van der Waals surface area (Å²) in [5.74, 6) is 0.816. The van der Waals surface area contributed by atoms with Crippen LogP contribution in [-0.2, 0) is 0 Å². The quantitative estimate of drug-likeness (QED) is 0.586. The van der Waals surface area contributed by atoms with Crippen molar-refractivity contribution in [2.75, 3.05) is 0 Å².